The number of nitrogens with zero attached hydrogens (tertiary/aromatic N) is 2. The van der Waals surface area contributed by atoms with E-state index >= 15 is 0 Å². The van der Waals surface area contributed by atoms with Gasteiger partial charge in [0.2, 0.25) is 0 Å². The van der Waals surface area contributed by atoms with Gasteiger partial charge < -0.3 is 5.32 Å². The third kappa shape index (κ3) is 2.90. The number of urea groups is 1. The molecule has 0 radical (unpaired) electrons. The zero-order chi connectivity index (χ0) is 15.9. The molecule has 1 aliphatic carbocycles. The summed E-state index contributed by atoms with van der Waals surface area (Å²) >= 11 is 3.41. The molecule has 0 bridgehead atoms. The summed E-state index contributed by atoms with van der Waals surface area (Å²) in [7, 11) is 1.91. The first-order valence-electron chi connectivity index (χ1n) is 7.47. The molecule has 1 saturated carbocycles. The summed E-state index contributed by atoms with van der Waals surface area (Å²) in [4.78, 5) is 28.0. The van der Waals surface area contributed by atoms with Gasteiger partial charge in [-0.3, -0.25) is 9.69 Å². The first-order valence-corrected chi connectivity index (χ1v) is 8.26. The standard InChI is InChI=1S/C16H20BrN3O2/c1-16(12-5-6-12)14(21)20(15(22)18-16)10-19(2)9-11-3-7-13(17)8-4-11/h3-4,7-8,12H,5-6,9-10H2,1-2H3,(H,18,22)/t16-/m0/s1. The van der Waals surface area contributed by atoms with E-state index in [0.29, 0.717) is 19.1 Å². The predicted octanol–water partition coefficient (Wildman–Crippen LogP) is 2.56. The quantitative estimate of drug-likeness (QED) is 0.815. The van der Waals surface area contributed by atoms with E-state index in [9.17, 15) is 9.59 Å². The summed E-state index contributed by atoms with van der Waals surface area (Å²) in [6.07, 6.45) is 2.04. The number of hydrogen-bond donors (Lipinski definition) is 1. The fourth-order valence-electron chi connectivity index (χ4n) is 2.97. The number of carbonyl (C=O) groups excluding carboxylic acids is 2. The summed E-state index contributed by atoms with van der Waals surface area (Å²) in [5.74, 6) is 0.202. The Morgan fingerprint density at radius 2 is 1.95 bits per heavy atom. The van der Waals surface area contributed by atoms with Gasteiger partial charge in [-0.1, -0.05) is 28.1 Å². The molecule has 0 spiro atoms. The van der Waals surface area contributed by atoms with Gasteiger partial charge in [0.25, 0.3) is 5.91 Å². The highest BCUT2D eigenvalue weighted by Gasteiger charge is 2.55. The third-order valence-corrected chi connectivity index (χ3v) is 4.97. The van der Waals surface area contributed by atoms with Crippen LogP contribution in [0.2, 0.25) is 0 Å². The van der Waals surface area contributed by atoms with Crippen molar-refractivity contribution in [2.45, 2.75) is 31.8 Å². The van der Waals surface area contributed by atoms with Crippen molar-refractivity contribution in [2.75, 3.05) is 13.7 Å². The smallest absolute Gasteiger partial charge is 0.323 e. The number of rotatable bonds is 5. The van der Waals surface area contributed by atoms with Crippen molar-refractivity contribution in [3.05, 3.63) is 34.3 Å². The molecular weight excluding hydrogens is 346 g/mol. The summed E-state index contributed by atoms with van der Waals surface area (Å²) < 4.78 is 1.04. The maximum Gasteiger partial charge on any atom is 0.326 e. The van der Waals surface area contributed by atoms with Crippen LogP contribution in [0.5, 0.6) is 0 Å². The molecule has 5 nitrogen and oxygen atoms in total. The first kappa shape index (κ1) is 15.5. The lowest BCUT2D eigenvalue weighted by Crippen LogP contribution is -2.46. The molecule has 118 valence electrons. The average molecular weight is 366 g/mol. The number of benzene rings is 1. The van der Waals surface area contributed by atoms with Crippen LogP contribution in [0.15, 0.2) is 28.7 Å². The number of nitrogens with one attached hydrogen (secondary N) is 1. The fraction of sp³-hybridized carbons (Fsp3) is 0.500. The maximum atomic E-state index is 12.6. The molecule has 1 N–H and O–H groups in total. The zero-order valence-corrected chi connectivity index (χ0v) is 14.4. The van der Waals surface area contributed by atoms with Gasteiger partial charge in [-0.25, -0.2) is 9.69 Å². The summed E-state index contributed by atoms with van der Waals surface area (Å²) in [5, 5.41) is 2.87. The van der Waals surface area contributed by atoms with Gasteiger partial charge in [0, 0.05) is 11.0 Å². The summed E-state index contributed by atoms with van der Waals surface area (Å²) in [6.45, 7) is 2.84. The molecule has 1 aliphatic heterocycles. The van der Waals surface area contributed by atoms with E-state index in [-0.39, 0.29) is 11.9 Å². The number of hydrogen-bond acceptors (Lipinski definition) is 3. The van der Waals surface area contributed by atoms with E-state index < -0.39 is 5.54 Å². The normalized spacial score (nSPS) is 25.0. The van der Waals surface area contributed by atoms with Crippen molar-refractivity contribution in [1.82, 2.24) is 15.1 Å². The number of imide groups is 1. The Labute approximate surface area is 138 Å². The Morgan fingerprint density at radius 1 is 1.32 bits per heavy atom. The largest absolute Gasteiger partial charge is 0.326 e. The third-order valence-electron chi connectivity index (χ3n) is 4.44. The van der Waals surface area contributed by atoms with Crippen molar-refractivity contribution in [1.29, 1.82) is 0 Å². The Bertz CT molecular complexity index is 600. The van der Waals surface area contributed by atoms with E-state index in [1.165, 1.54) is 4.90 Å². The van der Waals surface area contributed by atoms with Crippen LogP contribution < -0.4 is 5.32 Å². The molecule has 1 aromatic carbocycles. The van der Waals surface area contributed by atoms with E-state index in [2.05, 4.69) is 21.2 Å². The second-order valence-electron chi connectivity index (χ2n) is 6.42. The molecule has 22 heavy (non-hydrogen) atoms. The van der Waals surface area contributed by atoms with Crippen LogP contribution in [-0.2, 0) is 11.3 Å². The van der Waals surface area contributed by atoms with Gasteiger partial charge in [0.1, 0.15) is 5.54 Å². The molecule has 1 aromatic rings. The van der Waals surface area contributed by atoms with Crippen molar-refractivity contribution < 1.29 is 9.59 Å². The minimum absolute atomic E-state index is 0.0948. The lowest BCUT2D eigenvalue weighted by molar-refractivity contribution is -0.132. The molecule has 1 saturated heterocycles. The van der Waals surface area contributed by atoms with Crippen LogP contribution in [0.4, 0.5) is 4.79 Å². The van der Waals surface area contributed by atoms with Crippen molar-refractivity contribution >= 4 is 27.9 Å². The molecule has 6 heteroatoms. The highest BCUT2D eigenvalue weighted by atomic mass is 79.9. The molecule has 1 heterocycles. The Kier molecular flexibility index (Phi) is 3.99. The van der Waals surface area contributed by atoms with Crippen LogP contribution in [0.1, 0.15) is 25.3 Å². The lowest BCUT2D eigenvalue weighted by atomic mass is 9.96. The van der Waals surface area contributed by atoms with Crippen molar-refractivity contribution in [3.8, 4) is 0 Å². The van der Waals surface area contributed by atoms with Crippen molar-refractivity contribution in [3.63, 3.8) is 0 Å². The molecule has 3 amide bonds. The zero-order valence-electron chi connectivity index (χ0n) is 12.8. The van der Waals surface area contributed by atoms with E-state index in [1.54, 1.807) is 0 Å². The second kappa shape index (κ2) is 5.66. The predicted molar refractivity (Wildman–Crippen MR) is 87.0 cm³/mol. The highest BCUT2D eigenvalue weighted by Crippen LogP contribution is 2.42. The monoisotopic (exact) mass is 365 g/mol. The van der Waals surface area contributed by atoms with E-state index in [4.69, 9.17) is 0 Å². The fourth-order valence-corrected chi connectivity index (χ4v) is 3.24. The molecule has 2 fully saturated rings. The second-order valence-corrected chi connectivity index (χ2v) is 7.34. The SMILES string of the molecule is CN(Cc1ccc(Br)cc1)CN1C(=O)N[C@@](C)(C2CC2)C1=O. The molecule has 0 unspecified atom stereocenters. The lowest BCUT2D eigenvalue weighted by Gasteiger charge is -2.24. The van der Waals surface area contributed by atoms with Gasteiger partial charge in [0.05, 0.1) is 6.67 Å². The van der Waals surface area contributed by atoms with Gasteiger partial charge in [-0.05, 0) is 50.4 Å². The Morgan fingerprint density at radius 3 is 2.55 bits per heavy atom. The van der Waals surface area contributed by atoms with Gasteiger partial charge >= 0.3 is 6.03 Å². The molecule has 0 aromatic heterocycles. The number of carbonyl (C=O) groups is 2. The van der Waals surface area contributed by atoms with Gasteiger partial charge in [-0.15, -0.1) is 0 Å². The van der Waals surface area contributed by atoms with Crippen LogP contribution >= 0.6 is 15.9 Å². The van der Waals surface area contributed by atoms with Gasteiger partial charge in [-0.2, -0.15) is 0 Å². The molecule has 2 aliphatic rings. The average Bonchev–Trinajstić information content (AvgIpc) is 3.28. The Balaban J connectivity index is 1.63. The van der Waals surface area contributed by atoms with Crippen molar-refractivity contribution in [2.24, 2.45) is 5.92 Å². The van der Waals surface area contributed by atoms with E-state index in [0.717, 1.165) is 22.9 Å². The van der Waals surface area contributed by atoms with Crippen LogP contribution in [0.25, 0.3) is 0 Å². The summed E-state index contributed by atoms with van der Waals surface area (Å²) in [5.41, 5.74) is 0.443. The van der Waals surface area contributed by atoms with Crippen LogP contribution in [-0.4, -0.2) is 41.0 Å². The van der Waals surface area contributed by atoms with E-state index in [1.807, 2.05) is 43.1 Å². The Hall–Kier alpha value is -1.40. The van der Waals surface area contributed by atoms with Crippen LogP contribution in [0.3, 0.4) is 0 Å². The van der Waals surface area contributed by atoms with Crippen LogP contribution in [0, 0.1) is 5.92 Å². The minimum atomic E-state index is -0.699. The topological polar surface area (TPSA) is 52.6 Å². The number of amides is 3. The molecule has 3 rings (SSSR count). The summed E-state index contributed by atoms with van der Waals surface area (Å²) in [6, 6.07) is 7.76. The molecule has 1 atom stereocenters. The molecular formula is C16H20BrN3O2. The first-order chi connectivity index (χ1) is 10.4. The highest BCUT2D eigenvalue weighted by molar-refractivity contribution is 9.10. The minimum Gasteiger partial charge on any atom is -0.323 e. The van der Waals surface area contributed by atoms with Gasteiger partial charge in [0.15, 0.2) is 0 Å². The maximum absolute atomic E-state index is 12.6. The number of halogens is 1.